The maximum atomic E-state index is 13.9. The van der Waals surface area contributed by atoms with Gasteiger partial charge in [-0.05, 0) is 49.7 Å². The molecule has 3 nitrogen and oxygen atoms in total. The van der Waals surface area contributed by atoms with Crippen molar-refractivity contribution in [3.8, 4) is 0 Å². The first kappa shape index (κ1) is 17.8. The number of amides is 1. The number of hydrogen-bond donors (Lipinski definition) is 0. The van der Waals surface area contributed by atoms with Crippen molar-refractivity contribution in [1.82, 2.24) is 4.90 Å². The van der Waals surface area contributed by atoms with Gasteiger partial charge in [0, 0.05) is 35.9 Å². The molecule has 1 aliphatic rings. The molecule has 1 fully saturated rings. The Morgan fingerprint density at radius 2 is 1.84 bits per heavy atom. The van der Waals surface area contributed by atoms with E-state index in [2.05, 4.69) is 0 Å². The smallest absolute Gasteiger partial charge is 0.244 e. The molecule has 1 atom stereocenters. The minimum atomic E-state index is -0.587. The molecule has 1 heterocycles. The van der Waals surface area contributed by atoms with E-state index in [4.69, 9.17) is 11.6 Å². The summed E-state index contributed by atoms with van der Waals surface area (Å²) in [5.41, 5.74) is 1.73. The highest BCUT2D eigenvalue weighted by atomic mass is 35.5. The monoisotopic (exact) mass is 364 g/mol. The molecule has 1 aliphatic heterocycles. The van der Waals surface area contributed by atoms with Crippen molar-refractivity contribution in [3.63, 3.8) is 0 Å². The lowest BCUT2D eigenvalue weighted by atomic mass is 10.1. The van der Waals surface area contributed by atoms with Crippen LogP contribution in [-0.2, 0) is 11.3 Å². The fraction of sp³-hybridized carbons (Fsp3) is 0.316. The number of aryl methyl sites for hydroxylation is 1. The van der Waals surface area contributed by atoms with E-state index in [0.29, 0.717) is 18.1 Å². The van der Waals surface area contributed by atoms with Gasteiger partial charge in [0.1, 0.15) is 11.6 Å². The summed E-state index contributed by atoms with van der Waals surface area (Å²) in [5.74, 6) is -1.26. The lowest BCUT2D eigenvalue weighted by molar-refractivity contribution is -0.125. The van der Waals surface area contributed by atoms with Crippen molar-refractivity contribution in [2.45, 2.75) is 26.4 Å². The zero-order valence-corrected chi connectivity index (χ0v) is 14.9. The van der Waals surface area contributed by atoms with Crippen molar-refractivity contribution in [3.05, 3.63) is 64.2 Å². The van der Waals surface area contributed by atoms with Crippen molar-refractivity contribution in [2.24, 2.45) is 0 Å². The lowest BCUT2D eigenvalue weighted by Gasteiger charge is -2.39. The second-order valence-corrected chi connectivity index (χ2v) is 6.70. The van der Waals surface area contributed by atoms with E-state index < -0.39 is 17.7 Å². The number of piperazine rings is 1. The van der Waals surface area contributed by atoms with Crippen LogP contribution < -0.4 is 4.90 Å². The van der Waals surface area contributed by atoms with Gasteiger partial charge >= 0.3 is 0 Å². The highest BCUT2D eigenvalue weighted by molar-refractivity contribution is 6.30. The van der Waals surface area contributed by atoms with Gasteiger partial charge in [-0.3, -0.25) is 9.69 Å². The quantitative estimate of drug-likeness (QED) is 0.816. The first-order valence-corrected chi connectivity index (χ1v) is 8.50. The molecule has 132 valence electrons. The minimum Gasteiger partial charge on any atom is -0.310 e. The number of hydrogen-bond acceptors (Lipinski definition) is 2. The summed E-state index contributed by atoms with van der Waals surface area (Å²) >= 11 is 5.98. The van der Waals surface area contributed by atoms with Crippen LogP contribution in [0.2, 0.25) is 5.02 Å². The molecule has 1 saturated heterocycles. The maximum Gasteiger partial charge on any atom is 0.244 e. The van der Waals surface area contributed by atoms with Crippen LogP contribution in [0.5, 0.6) is 0 Å². The van der Waals surface area contributed by atoms with Gasteiger partial charge < -0.3 is 4.90 Å². The van der Waals surface area contributed by atoms with Gasteiger partial charge in [0.25, 0.3) is 0 Å². The normalized spacial score (nSPS) is 18.7. The predicted octanol–water partition coefficient (Wildman–Crippen LogP) is 4.16. The third-order valence-electron chi connectivity index (χ3n) is 4.65. The van der Waals surface area contributed by atoms with Gasteiger partial charge in [-0.1, -0.05) is 17.7 Å². The second-order valence-electron chi connectivity index (χ2n) is 6.27. The van der Waals surface area contributed by atoms with Gasteiger partial charge in [-0.2, -0.15) is 0 Å². The van der Waals surface area contributed by atoms with Crippen molar-refractivity contribution in [2.75, 3.05) is 18.0 Å². The van der Waals surface area contributed by atoms with E-state index in [1.165, 1.54) is 18.2 Å². The van der Waals surface area contributed by atoms with Crippen LogP contribution in [-0.4, -0.2) is 29.9 Å². The summed E-state index contributed by atoms with van der Waals surface area (Å²) in [7, 11) is 0. The summed E-state index contributed by atoms with van der Waals surface area (Å²) in [6, 6.07) is 8.73. The summed E-state index contributed by atoms with van der Waals surface area (Å²) in [4.78, 5) is 16.3. The Bertz CT molecular complexity index is 792. The molecule has 0 radical (unpaired) electrons. The van der Waals surface area contributed by atoms with Crippen LogP contribution in [0.3, 0.4) is 0 Å². The molecule has 0 unspecified atom stereocenters. The van der Waals surface area contributed by atoms with E-state index in [0.717, 1.165) is 11.3 Å². The van der Waals surface area contributed by atoms with E-state index in [1.807, 2.05) is 19.1 Å². The predicted molar refractivity (Wildman–Crippen MR) is 94.8 cm³/mol. The lowest BCUT2D eigenvalue weighted by Crippen LogP contribution is -2.55. The Morgan fingerprint density at radius 1 is 1.16 bits per heavy atom. The summed E-state index contributed by atoms with van der Waals surface area (Å²) < 4.78 is 27.8. The maximum absolute atomic E-state index is 13.9. The molecule has 2 aromatic carbocycles. The number of benzene rings is 2. The Labute approximate surface area is 150 Å². The summed E-state index contributed by atoms with van der Waals surface area (Å²) in [6.45, 7) is 4.72. The third kappa shape index (κ3) is 3.53. The largest absolute Gasteiger partial charge is 0.310 e. The molecule has 0 spiro atoms. The van der Waals surface area contributed by atoms with Crippen LogP contribution in [0.4, 0.5) is 14.5 Å². The molecule has 2 aromatic rings. The fourth-order valence-corrected chi connectivity index (χ4v) is 3.40. The van der Waals surface area contributed by atoms with Gasteiger partial charge in [-0.15, -0.1) is 0 Å². The molecular formula is C19H19ClF2N2O. The molecule has 25 heavy (non-hydrogen) atoms. The average molecular weight is 365 g/mol. The Morgan fingerprint density at radius 3 is 2.48 bits per heavy atom. The topological polar surface area (TPSA) is 23.6 Å². The molecule has 0 aliphatic carbocycles. The molecule has 0 bridgehead atoms. The molecule has 0 N–H and O–H groups in total. The molecule has 3 rings (SSSR count). The number of carbonyl (C=O) groups excluding carboxylic acids is 1. The highest BCUT2D eigenvalue weighted by Gasteiger charge is 2.33. The first-order chi connectivity index (χ1) is 11.9. The molecule has 1 amide bonds. The number of nitrogens with zero attached hydrogens (tertiary/aromatic N) is 2. The van der Waals surface area contributed by atoms with Crippen LogP contribution in [0.1, 0.15) is 18.1 Å². The van der Waals surface area contributed by atoms with Gasteiger partial charge in [0.05, 0.1) is 6.04 Å². The second kappa shape index (κ2) is 7.10. The van der Waals surface area contributed by atoms with E-state index in [1.54, 1.807) is 22.8 Å². The van der Waals surface area contributed by atoms with Gasteiger partial charge in [-0.25, -0.2) is 8.78 Å². The highest BCUT2D eigenvalue weighted by Crippen LogP contribution is 2.27. The van der Waals surface area contributed by atoms with E-state index >= 15 is 0 Å². The SMILES string of the molecule is Cc1cc(Cl)ccc1N1CCN(Cc2c(F)cccc2F)[C@H](C)C1=O. The zero-order valence-electron chi connectivity index (χ0n) is 14.1. The molecular weight excluding hydrogens is 346 g/mol. The Hall–Kier alpha value is -1.98. The third-order valence-corrected chi connectivity index (χ3v) is 4.89. The Kier molecular flexibility index (Phi) is 5.06. The van der Waals surface area contributed by atoms with Crippen LogP contribution >= 0.6 is 11.6 Å². The number of rotatable bonds is 3. The van der Waals surface area contributed by atoms with Crippen LogP contribution in [0, 0.1) is 18.6 Å². The number of carbonyl (C=O) groups is 1. The molecule has 0 saturated carbocycles. The van der Waals surface area contributed by atoms with Gasteiger partial charge in [0.2, 0.25) is 5.91 Å². The minimum absolute atomic E-state index is 0.00160. The standard InChI is InChI=1S/C19H19ClF2N2O/c1-12-10-14(20)6-7-18(12)24-9-8-23(13(2)19(24)25)11-15-16(21)4-3-5-17(15)22/h3-7,10,13H,8-9,11H2,1-2H3/t13-/m1/s1. The van der Waals surface area contributed by atoms with Gasteiger partial charge in [0.15, 0.2) is 0 Å². The summed E-state index contributed by atoms with van der Waals surface area (Å²) in [5, 5.41) is 0.621. The molecule has 0 aromatic heterocycles. The molecule has 6 heteroatoms. The first-order valence-electron chi connectivity index (χ1n) is 8.13. The van der Waals surface area contributed by atoms with Crippen LogP contribution in [0.15, 0.2) is 36.4 Å². The van der Waals surface area contributed by atoms with Crippen LogP contribution in [0.25, 0.3) is 0 Å². The Balaban J connectivity index is 1.80. The zero-order chi connectivity index (χ0) is 18.1. The van der Waals surface area contributed by atoms with Crippen molar-refractivity contribution >= 4 is 23.2 Å². The number of halogens is 3. The average Bonchev–Trinajstić information content (AvgIpc) is 2.56. The van der Waals surface area contributed by atoms with E-state index in [9.17, 15) is 13.6 Å². The van der Waals surface area contributed by atoms with Crippen molar-refractivity contribution < 1.29 is 13.6 Å². The van der Waals surface area contributed by atoms with Crippen molar-refractivity contribution in [1.29, 1.82) is 0 Å². The van der Waals surface area contributed by atoms with E-state index in [-0.39, 0.29) is 18.0 Å². The summed E-state index contributed by atoms with van der Waals surface area (Å²) in [6.07, 6.45) is 0. The fourth-order valence-electron chi connectivity index (χ4n) is 3.18. The number of anilines is 1.